The molecule has 1 aliphatic heterocycles. The highest BCUT2D eigenvalue weighted by Crippen LogP contribution is 2.13. The van der Waals surface area contributed by atoms with Crippen molar-refractivity contribution < 1.29 is 14.3 Å². The van der Waals surface area contributed by atoms with E-state index in [-0.39, 0.29) is 12.0 Å². The van der Waals surface area contributed by atoms with E-state index in [1.807, 2.05) is 26.8 Å². The maximum absolute atomic E-state index is 12.6. The van der Waals surface area contributed by atoms with Crippen LogP contribution in [0, 0.1) is 0 Å². The van der Waals surface area contributed by atoms with Crippen LogP contribution in [0.15, 0.2) is 18.3 Å². The van der Waals surface area contributed by atoms with Crippen molar-refractivity contribution >= 4 is 12.0 Å². The SMILES string of the molecule is CCCCc1ccc(C(=O)N2CCN(C(=O)OC(C)(C)C)CC2)nc1. The Bertz CT molecular complexity index is 585. The van der Waals surface area contributed by atoms with Crippen LogP contribution in [-0.2, 0) is 11.2 Å². The van der Waals surface area contributed by atoms with E-state index >= 15 is 0 Å². The first-order valence-electron chi connectivity index (χ1n) is 9.02. The Morgan fingerprint density at radius 2 is 1.76 bits per heavy atom. The molecule has 0 unspecified atom stereocenters. The van der Waals surface area contributed by atoms with E-state index in [2.05, 4.69) is 11.9 Å². The number of nitrogens with zero attached hydrogens (tertiary/aromatic N) is 3. The lowest BCUT2D eigenvalue weighted by Crippen LogP contribution is -2.51. The van der Waals surface area contributed by atoms with Crippen LogP contribution in [0.5, 0.6) is 0 Å². The molecule has 2 amide bonds. The zero-order valence-electron chi connectivity index (χ0n) is 15.7. The third-order valence-electron chi connectivity index (χ3n) is 4.08. The largest absolute Gasteiger partial charge is 0.444 e. The molecule has 1 saturated heterocycles. The molecule has 2 rings (SSSR count). The fraction of sp³-hybridized carbons (Fsp3) is 0.632. The number of aryl methyl sites for hydroxylation is 1. The van der Waals surface area contributed by atoms with Crippen molar-refractivity contribution in [1.29, 1.82) is 0 Å². The topological polar surface area (TPSA) is 62.7 Å². The van der Waals surface area contributed by atoms with Crippen molar-refractivity contribution in [3.8, 4) is 0 Å². The van der Waals surface area contributed by atoms with E-state index in [0.29, 0.717) is 31.9 Å². The molecule has 0 aliphatic carbocycles. The van der Waals surface area contributed by atoms with Crippen molar-refractivity contribution in [2.45, 2.75) is 52.6 Å². The minimum atomic E-state index is -0.506. The van der Waals surface area contributed by atoms with E-state index < -0.39 is 5.60 Å². The Balaban J connectivity index is 1.87. The van der Waals surface area contributed by atoms with E-state index in [9.17, 15) is 9.59 Å². The summed E-state index contributed by atoms with van der Waals surface area (Å²) in [6, 6.07) is 3.78. The summed E-state index contributed by atoms with van der Waals surface area (Å²) >= 11 is 0. The molecule has 6 heteroatoms. The first-order chi connectivity index (χ1) is 11.8. The van der Waals surface area contributed by atoms with Crippen molar-refractivity contribution in [1.82, 2.24) is 14.8 Å². The Kier molecular flexibility index (Phi) is 6.39. The maximum atomic E-state index is 12.6. The molecule has 2 heterocycles. The molecule has 1 aromatic rings. The summed E-state index contributed by atoms with van der Waals surface area (Å²) in [4.78, 5) is 32.3. The van der Waals surface area contributed by atoms with Gasteiger partial charge in [-0.1, -0.05) is 19.4 Å². The first kappa shape index (κ1) is 19.2. The predicted octanol–water partition coefficient (Wildman–Crippen LogP) is 3.12. The van der Waals surface area contributed by atoms with Gasteiger partial charge in [0, 0.05) is 32.4 Å². The minimum Gasteiger partial charge on any atom is -0.444 e. The van der Waals surface area contributed by atoms with Crippen molar-refractivity contribution in [2.75, 3.05) is 26.2 Å². The number of carbonyl (C=O) groups excluding carboxylic acids is 2. The number of unbranched alkanes of at least 4 members (excludes halogenated alkanes) is 1. The lowest BCUT2D eigenvalue weighted by molar-refractivity contribution is 0.0140. The second-order valence-electron chi connectivity index (χ2n) is 7.41. The Morgan fingerprint density at radius 3 is 2.28 bits per heavy atom. The van der Waals surface area contributed by atoms with Crippen LogP contribution in [0.3, 0.4) is 0 Å². The Morgan fingerprint density at radius 1 is 1.12 bits per heavy atom. The average molecular weight is 347 g/mol. The van der Waals surface area contributed by atoms with Crippen LogP contribution in [0.25, 0.3) is 0 Å². The first-order valence-corrected chi connectivity index (χ1v) is 9.02. The van der Waals surface area contributed by atoms with E-state index in [0.717, 1.165) is 24.8 Å². The molecule has 25 heavy (non-hydrogen) atoms. The highest BCUT2D eigenvalue weighted by molar-refractivity contribution is 5.92. The van der Waals surface area contributed by atoms with Gasteiger partial charge in [-0.3, -0.25) is 9.78 Å². The van der Waals surface area contributed by atoms with Gasteiger partial charge in [-0.15, -0.1) is 0 Å². The zero-order valence-corrected chi connectivity index (χ0v) is 15.7. The highest BCUT2D eigenvalue weighted by Gasteiger charge is 2.28. The standard InChI is InChI=1S/C19H29N3O3/c1-5-6-7-15-8-9-16(20-14-15)17(23)21-10-12-22(13-11-21)18(24)25-19(2,3)4/h8-9,14H,5-7,10-13H2,1-4H3. The number of hydrogen-bond donors (Lipinski definition) is 0. The van der Waals surface area contributed by atoms with Crippen LogP contribution in [0.2, 0.25) is 0 Å². The third-order valence-corrected chi connectivity index (χ3v) is 4.08. The number of rotatable bonds is 4. The van der Waals surface area contributed by atoms with Gasteiger partial charge >= 0.3 is 6.09 Å². The fourth-order valence-corrected chi connectivity index (χ4v) is 2.66. The molecule has 0 spiro atoms. The fourth-order valence-electron chi connectivity index (χ4n) is 2.66. The highest BCUT2D eigenvalue weighted by atomic mass is 16.6. The number of hydrogen-bond acceptors (Lipinski definition) is 4. The summed E-state index contributed by atoms with van der Waals surface area (Å²) in [7, 11) is 0. The van der Waals surface area contributed by atoms with E-state index in [4.69, 9.17) is 4.74 Å². The van der Waals surface area contributed by atoms with Gasteiger partial charge in [-0.05, 0) is 45.2 Å². The van der Waals surface area contributed by atoms with Crippen LogP contribution < -0.4 is 0 Å². The van der Waals surface area contributed by atoms with Gasteiger partial charge in [0.05, 0.1) is 0 Å². The Hall–Kier alpha value is -2.11. The summed E-state index contributed by atoms with van der Waals surface area (Å²) in [6.45, 7) is 9.66. The molecule has 0 N–H and O–H groups in total. The summed E-state index contributed by atoms with van der Waals surface area (Å²) in [5.41, 5.74) is 1.12. The Labute approximate surface area is 150 Å². The number of carbonyl (C=O) groups is 2. The van der Waals surface area contributed by atoms with Gasteiger partial charge in [0.25, 0.3) is 5.91 Å². The summed E-state index contributed by atoms with van der Waals surface area (Å²) < 4.78 is 5.37. The molecule has 0 aromatic carbocycles. The molecule has 0 atom stereocenters. The molecule has 0 radical (unpaired) electrons. The number of aromatic nitrogens is 1. The molecule has 0 saturated carbocycles. The second-order valence-corrected chi connectivity index (χ2v) is 7.41. The monoisotopic (exact) mass is 347 g/mol. The number of piperazine rings is 1. The minimum absolute atomic E-state index is 0.0779. The van der Waals surface area contributed by atoms with Gasteiger partial charge in [0.1, 0.15) is 11.3 Å². The summed E-state index contributed by atoms with van der Waals surface area (Å²) in [5, 5.41) is 0. The van der Waals surface area contributed by atoms with Crippen molar-refractivity contribution in [3.63, 3.8) is 0 Å². The van der Waals surface area contributed by atoms with Crippen LogP contribution >= 0.6 is 0 Å². The lowest BCUT2D eigenvalue weighted by Gasteiger charge is -2.35. The van der Waals surface area contributed by atoms with E-state index in [1.54, 1.807) is 22.1 Å². The van der Waals surface area contributed by atoms with Crippen LogP contribution in [-0.4, -0.2) is 58.6 Å². The predicted molar refractivity (Wildman–Crippen MR) is 96.6 cm³/mol. The number of ether oxygens (including phenoxy) is 1. The van der Waals surface area contributed by atoms with Gasteiger partial charge < -0.3 is 14.5 Å². The molecule has 138 valence electrons. The third kappa shape index (κ3) is 5.73. The molecule has 6 nitrogen and oxygen atoms in total. The summed E-state index contributed by atoms with van der Waals surface area (Å²) in [5.74, 6) is -0.0779. The van der Waals surface area contributed by atoms with Crippen LogP contribution in [0.1, 0.15) is 56.6 Å². The quantitative estimate of drug-likeness (QED) is 0.839. The van der Waals surface area contributed by atoms with E-state index in [1.165, 1.54) is 0 Å². The molecule has 1 aliphatic rings. The molecular weight excluding hydrogens is 318 g/mol. The smallest absolute Gasteiger partial charge is 0.410 e. The lowest BCUT2D eigenvalue weighted by atomic mass is 10.1. The molecule has 0 bridgehead atoms. The average Bonchev–Trinajstić information content (AvgIpc) is 2.58. The second kappa shape index (κ2) is 8.32. The zero-order chi connectivity index (χ0) is 18.4. The van der Waals surface area contributed by atoms with Crippen LogP contribution in [0.4, 0.5) is 4.79 Å². The maximum Gasteiger partial charge on any atom is 0.410 e. The van der Waals surface area contributed by atoms with Gasteiger partial charge in [-0.25, -0.2) is 4.79 Å². The molecular formula is C19H29N3O3. The number of amides is 2. The van der Waals surface area contributed by atoms with Crippen molar-refractivity contribution in [3.05, 3.63) is 29.6 Å². The van der Waals surface area contributed by atoms with Crippen molar-refractivity contribution in [2.24, 2.45) is 0 Å². The number of pyridine rings is 1. The molecule has 1 aromatic heterocycles. The van der Waals surface area contributed by atoms with Gasteiger partial charge in [0.2, 0.25) is 0 Å². The van der Waals surface area contributed by atoms with Gasteiger partial charge in [0.15, 0.2) is 0 Å². The summed E-state index contributed by atoms with van der Waals surface area (Å²) in [6.07, 6.45) is 4.73. The normalized spacial score (nSPS) is 15.2. The molecule has 1 fully saturated rings. The van der Waals surface area contributed by atoms with Gasteiger partial charge in [-0.2, -0.15) is 0 Å².